The van der Waals surface area contributed by atoms with E-state index < -0.39 is 11.7 Å². The van der Waals surface area contributed by atoms with Crippen LogP contribution >= 0.6 is 0 Å². The van der Waals surface area contributed by atoms with Crippen molar-refractivity contribution in [3.8, 4) is 0 Å². The highest BCUT2D eigenvalue weighted by atomic mass is 19.4. The molecule has 5 nitrogen and oxygen atoms in total. The van der Waals surface area contributed by atoms with E-state index in [1.165, 1.54) is 37.8 Å². The number of fused-ring (bicyclic) bond motifs is 3. The number of piperazine rings is 1. The quantitative estimate of drug-likeness (QED) is 0.713. The van der Waals surface area contributed by atoms with Crippen molar-refractivity contribution >= 4 is 11.6 Å². The number of aromatic nitrogens is 1. The van der Waals surface area contributed by atoms with Gasteiger partial charge in [0.05, 0.1) is 17.5 Å². The molecule has 1 aromatic carbocycles. The average molecular weight is 473 g/mol. The summed E-state index contributed by atoms with van der Waals surface area (Å²) in [5.74, 6) is -0.466. The molecule has 1 N–H and O–H groups in total. The smallest absolute Gasteiger partial charge is 0.365 e. The van der Waals surface area contributed by atoms with E-state index in [4.69, 9.17) is 0 Å². The van der Waals surface area contributed by atoms with Crippen molar-refractivity contribution in [2.75, 3.05) is 31.1 Å². The monoisotopic (exact) mass is 472 g/mol. The summed E-state index contributed by atoms with van der Waals surface area (Å²) >= 11 is 0. The summed E-state index contributed by atoms with van der Waals surface area (Å²) in [5.41, 5.74) is 1.72. The van der Waals surface area contributed by atoms with E-state index >= 15 is 0 Å². The second-order valence-electron chi connectivity index (χ2n) is 9.71. The number of anilines is 1. The molecule has 182 valence electrons. The minimum absolute atomic E-state index is 0.0339. The average Bonchev–Trinajstić information content (AvgIpc) is 3.38. The van der Waals surface area contributed by atoms with E-state index in [1.807, 2.05) is 18.2 Å². The second-order valence-corrected chi connectivity index (χ2v) is 9.71. The Bertz CT molecular complexity index is 1010. The zero-order chi connectivity index (χ0) is 23.7. The first-order chi connectivity index (χ1) is 16.4. The van der Waals surface area contributed by atoms with Gasteiger partial charge in [-0.05, 0) is 55.2 Å². The third-order valence-corrected chi connectivity index (χ3v) is 7.65. The van der Waals surface area contributed by atoms with Crippen LogP contribution in [0.5, 0.6) is 0 Å². The van der Waals surface area contributed by atoms with Gasteiger partial charge >= 0.3 is 6.18 Å². The number of carbonyl (C=O) groups excluding carboxylic acids is 1. The fraction of sp³-hybridized carbons (Fsp3) is 0.538. The van der Waals surface area contributed by atoms with Gasteiger partial charge < -0.3 is 10.2 Å². The van der Waals surface area contributed by atoms with Gasteiger partial charge in [-0.25, -0.2) is 0 Å². The van der Waals surface area contributed by atoms with Crippen LogP contribution in [0.1, 0.15) is 42.5 Å². The maximum atomic E-state index is 13.4. The van der Waals surface area contributed by atoms with Crippen LogP contribution < -0.4 is 10.2 Å². The Morgan fingerprint density at radius 1 is 1.12 bits per heavy atom. The number of halogens is 3. The lowest BCUT2D eigenvalue weighted by molar-refractivity contribution is -0.137. The van der Waals surface area contributed by atoms with Gasteiger partial charge in [0.25, 0.3) is 0 Å². The van der Waals surface area contributed by atoms with E-state index in [0.717, 1.165) is 31.0 Å². The van der Waals surface area contributed by atoms with Gasteiger partial charge in [-0.3, -0.25) is 14.7 Å². The number of hydrogen-bond donors (Lipinski definition) is 1. The fourth-order valence-corrected chi connectivity index (χ4v) is 5.91. The van der Waals surface area contributed by atoms with Gasteiger partial charge in [0, 0.05) is 56.2 Å². The van der Waals surface area contributed by atoms with Crippen LogP contribution in [0.4, 0.5) is 18.9 Å². The third-order valence-electron chi connectivity index (χ3n) is 7.65. The molecule has 2 aromatic rings. The van der Waals surface area contributed by atoms with Crippen LogP contribution in [-0.2, 0) is 23.8 Å². The van der Waals surface area contributed by atoms with Crippen LogP contribution in [0.15, 0.2) is 42.6 Å². The topological polar surface area (TPSA) is 48.5 Å². The number of carbonyl (C=O) groups is 1. The van der Waals surface area contributed by atoms with Crippen molar-refractivity contribution in [3.05, 3.63) is 59.4 Å². The summed E-state index contributed by atoms with van der Waals surface area (Å²) in [5, 5.41) is 3.05. The Kier molecular flexibility index (Phi) is 6.51. The number of benzene rings is 1. The summed E-state index contributed by atoms with van der Waals surface area (Å²) in [6.45, 7) is 2.86. The zero-order valence-electron chi connectivity index (χ0n) is 19.2. The molecule has 2 fully saturated rings. The van der Waals surface area contributed by atoms with Crippen molar-refractivity contribution in [1.29, 1.82) is 0 Å². The first kappa shape index (κ1) is 23.1. The highest BCUT2D eigenvalue weighted by Crippen LogP contribution is 2.40. The Labute approximate surface area is 198 Å². The largest absolute Gasteiger partial charge is 0.416 e. The van der Waals surface area contributed by atoms with Crippen molar-refractivity contribution in [3.63, 3.8) is 0 Å². The number of alkyl halides is 3. The minimum Gasteiger partial charge on any atom is -0.365 e. The molecule has 2 atom stereocenters. The fourth-order valence-electron chi connectivity index (χ4n) is 5.91. The summed E-state index contributed by atoms with van der Waals surface area (Å²) in [7, 11) is 0. The van der Waals surface area contributed by atoms with E-state index in [2.05, 4.69) is 20.1 Å². The molecule has 1 amide bonds. The molecule has 0 spiro atoms. The Balaban J connectivity index is 1.37. The molecule has 0 unspecified atom stereocenters. The molecule has 1 saturated carbocycles. The molecule has 0 bridgehead atoms. The molecule has 2 aliphatic heterocycles. The third kappa shape index (κ3) is 4.78. The number of nitrogens with zero attached hydrogens (tertiary/aromatic N) is 3. The van der Waals surface area contributed by atoms with E-state index in [9.17, 15) is 18.0 Å². The predicted molar refractivity (Wildman–Crippen MR) is 125 cm³/mol. The molecule has 1 saturated heterocycles. The first-order valence-electron chi connectivity index (χ1n) is 12.3. The highest BCUT2D eigenvalue weighted by molar-refractivity contribution is 5.82. The van der Waals surface area contributed by atoms with Gasteiger partial charge in [-0.2, -0.15) is 13.2 Å². The summed E-state index contributed by atoms with van der Waals surface area (Å²) < 4.78 is 40.2. The van der Waals surface area contributed by atoms with Gasteiger partial charge in [0.15, 0.2) is 0 Å². The summed E-state index contributed by atoms with van der Waals surface area (Å²) in [6, 6.07) is 10.2. The van der Waals surface area contributed by atoms with E-state index in [1.54, 1.807) is 12.3 Å². The van der Waals surface area contributed by atoms with Crippen LogP contribution in [-0.4, -0.2) is 54.1 Å². The Morgan fingerprint density at radius 3 is 2.68 bits per heavy atom. The number of hydrogen-bond acceptors (Lipinski definition) is 4. The molecule has 8 heteroatoms. The van der Waals surface area contributed by atoms with Crippen molar-refractivity contribution in [2.24, 2.45) is 5.92 Å². The summed E-state index contributed by atoms with van der Waals surface area (Å²) in [6.07, 6.45) is 3.16. The van der Waals surface area contributed by atoms with Crippen LogP contribution in [0.3, 0.4) is 0 Å². The molecule has 1 aliphatic carbocycles. The normalized spacial score (nSPS) is 23.4. The maximum absolute atomic E-state index is 13.4. The molecule has 3 heterocycles. The summed E-state index contributed by atoms with van der Waals surface area (Å²) in [4.78, 5) is 22.4. The van der Waals surface area contributed by atoms with Crippen LogP contribution in [0, 0.1) is 5.92 Å². The lowest BCUT2D eigenvalue weighted by atomic mass is 9.82. The standard InChI is InChI=1S/C26H31F3N4O/c27-26(28,29)19-8-9-23-18(15-19)16-22(25(34)31-12-10-20-5-3-4-11-30-20)24-17-32(13-14-33(23)24)21-6-1-2-7-21/h3-5,8-9,11,15,21-22,24H,1-2,6-7,10,12-14,16-17H2,(H,31,34)/t22-,24+/m1/s1. The van der Waals surface area contributed by atoms with Crippen molar-refractivity contribution < 1.29 is 18.0 Å². The lowest BCUT2D eigenvalue weighted by Crippen LogP contribution is -2.62. The molecule has 3 aliphatic rings. The number of nitrogens with one attached hydrogen (secondary N) is 1. The molecule has 34 heavy (non-hydrogen) atoms. The Morgan fingerprint density at radius 2 is 1.94 bits per heavy atom. The molecular weight excluding hydrogens is 441 g/mol. The first-order valence-corrected chi connectivity index (χ1v) is 12.3. The van der Waals surface area contributed by atoms with Gasteiger partial charge in [-0.15, -0.1) is 0 Å². The molecule has 1 aromatic heterocycles. The van der Waals surface area contributed by atoms with Gasteiger partial charge in [-0.1, -0.05) is 18.9 Å². The highest BCUT2D eigenvalue weighted by Gasteiger charge is 2.43. The number of pyridine rings is 1. The van der Waals surface area contributed by atoms with Crippen molar-refractivity contribution in [1.82, 2.24) is 15.2 Å². The van der Waals surface area contributed by atoms with Gasteiger partial charge in [0.2, 0.25) is 5.91 Å². The van der Waals surface area contributed by atoms with E-state index in [0.29, 0.717) is 31.0 Å². The SMILES string of the molecule is O=C(NCCc1ccccn1)[C@@H]1Cc2cc(C(F)(F)F)ccc2N2CCN(C3CCCC3)C[C@@H]12. The Hall–Kier alpha value is -2.61. The van der Waals surface area contributed by atoms with Crippen molar-refractivity contribution in [2.45, 2.75) is 56.8 Å². The number of rotatable bonds is 5. The molecular formula is C26H31F3N4O. The van der Waals surface area contributed by atoms with Gasteiger partial charge in [0.1, 0.15) is 0 Å². The maximum Gasteiger partial charge on any atom is 0.416 e. The van der Waals surface area contributed by atoms with Crippen LogP contribution in [0.25, 0.3) is 0 Å². The van der Waals surface area contributed by atoms with Crippen LogP contribution in [0.2, 0.25) is 0 Å². The predicted octanol–water partition coefficient (Wildman–Crippen LogP) is 4.06. The molecule has 0 radical (unpaired) electrons. The lowest BCUT2D eigenvalue weighted by Gasteiger charge is -2.50. The van der Waals surface area contributed by atoms with E-state index in [-0.39, 0.29) is 17.9 Å². The molecule has 5 rings (SSSR count). The second kappa shape index (κ2) is 9.56. The number of amides is 1. The minimum atomic E-state index is -4.40. The zero-order valence-corrected chi connectivity index (χ0v) is 19.2.